The molecule has 0 amide bonds. The molecule has 0 aliphatic heterocycles. The minimum absolute atomic E-state index is 0.158. The number of hydrogen-bond acceptors (Lipinski definition) is 3. The Morgan fingerprint density at radius 2 is 1.82 bits per heavy atom. The Labute approximate surface area is 99.2 Å². The van der Waals surface area contributed by atoms with Crippen LogP contribution in [0, 0.1) is 0 Å². The zero-order valence-corrected chi connectivity index (χ0v) is 9.28. The third-order valence-electron chi connectivity index (χ3n) is 2.25. The van der Waals surface area contributed by atoms with Crippen molar-refractivity contribution in [1.82, 2.24) is 9.97 Å². The molecule has 17 heavy (non-hydrogen) atoms. The normalized spacial score (nSPS) is 12.4. The molecular formula is C14H12N2O. The maximum atomic E-state index is 10.9. The molecule has 3 rings (SSSR count). The first-order chi connectivity index (χ1) is 8.36. The van der Waals surface area contributed by atoms with Gasteiger partial charge in [0.15, 0.2) is 5.78 Å². The number of carbonyl (C=O) groups excluding carboxylic acids is 1. The fourth-order valence-electron chi connectivity index (χ4n) is 1.46. The molecule has 84 valence electrons. The Hall–Kier alpha value is -2.29. The summed E-state index contributed by atoms with van der Waals surface area (Å²) >= 11 is 0. The fraction of sp³-hybridized carbons (Fsp3) is 0.0714. The van der Waals surface area contributed by atoms with Crippen molar-refractivity contribution in [3.05, 3.63) is 59.5 Å². The molecular weight excluding hydrogens is 212 g/mol. The van der Waals surface area contributed by atoms with Crippen LogP contribution in [0.2, 0.25) is 0 Å². The monoisotopic (exact) mass is 224 g/mol. The first-order valence-corrected chi connectivity index (χ1v) is 5.37. The standard InChI is InChI=1S/C9H7NO.C5H5N/c11-8-3-4-9-7(6-8)2-1-5-10-9;1-2-4-6-5-3-1/h1-2,4-6H,3H2;1-5H. The van der Waals surface area contributed by atoms with Crippen molar-refractivity contribution in [3.8, 4) is 0 Å². The van der Waals surface area contributed by atoms with Gasteiger partial charge in [0.2, 0.25) is 0 Å². The van der Waals surface area contributed by atoms with Crippen molar-refractivity contribution in [2.24, 2.45) is 0 Å². The van der Waals surface area contributed by atoms with Crippen molar-refractivity contribution < 1.29 is 4.79 Å². The van der Waals surface area contributed by atoms with E-state index < -0.39 is 0 Å². The summed E-state index contributed by atoms with van der Waals surface area (Å²) in [6.07, 6.45) is 9.23. The Kier molecular flexibility index (Phi) is 3.76. The number of hydrogen-bond donors (Lipinski definition) is 0. The number of fused-ring (bicyclic) bond motifs is 1. The predicted octanol–water partition coefficient (Wildman–Crippen LogP) is 0.697. The van der Waals surface area contributed by atoms with Crippen molar-refractivity contribution >= 4 is 17.9 Å². The van der Waals surface area contributed by atoms with E-state index in [1.54, 1.807) is 24.7 Å². The second-order valence-electron chi connectivity index (χ2n) is 3.52. The zero-order valence-electron chi connectivity index (χ0n) is 9.28. The van der Waals surface area contributed by atoms with Crippen LogP contribution in [0.15, 0.2) is 48.9 Å². The van der Waals surface area contributed by atoms with Crippen LogP contribution in [0.1, 0.15) is 6.42 Å². The summed E-state index contributed by atoms with van der Waals surface area (Å²) in [6.45, 7) is 0. The summed E-state index contributed by atoms with van der Waals surface area (Å²) in [5.74, 6) is 0.158. The molecule has 0 fully saturated rings. The van der Waals surface area contributed by atoms with Gasteiger partial charge in [0.05, 0.1) is 5.35 Å². The zero-order chi connectivity index (χ0) is 11.9. The van der Waals surface area contributed by atoms with E-state index in [0.29, 0.717) is 6.42 Å². The first-order valence-electron chi connectivity index (χ1n) is 5.37. The Bertz CT molecular complexity index is 579. The lowest BCUT2D eigenvalue weighted by molar-refractivity contribution is -0.112. The molecule has 3 nitrogen and oxygen atoms in total. The third kappa shape index (κ3) is 3.34. The van der Waals surface area contributed by atoms with Gasteiger partial charge >= 0.3 is 0 Å². The van der Waals surface area contributed by atoms with E-state index in [1.807, 2.05) is 36.4 Å². The van der Waals surface area contributed by atoms with Crippen LogP contribution in [-0.4, -0.2) is 15.8 Å². The van der Waals surface area contributed by atoms with E-state index in [9.17, 15) is 4.79 Å². The van der Waals surface area contributed by atoms with Crippen LogP contribution >= 0.6 is 0 Å². The van der Waals surface area contributed by atoms with Gasteiger partial charge in [0.25, 0.3) is 0 Å². The van der Waals surface area contributed by atoms with Crippen molar-refractivity contribution in [1.29, 1.82) is 0 Å². The highest BCUT2D eigenvalue weighted by atomic mass is 16.1. The Balaban J connectivity index is 0.000000153. The van der Waals surface area contributed by atoms with Crippen LogP contribution < -0.4 is 10.6 Å². The molecule has 2 heterocycles. The largest absolute Gasteiger partial charge is 0.294 e. The number of carbonyl (C=O) groups is 1. The molecule has 0 radical (unpaired) electrons. The molecule has 3 heteroatoms. The topological polar surface area (TPSA) is 42.9 Å². The SMILES string of the molecule is O=C1C=c2cccnc2=CC1.c1ccncc1. The second kappa shape index (κ2) is 5.70. The average molecular weight is 224 g/mol. The summed E-state index contributed by atoms with van der Waals surface area (Å²) in [5.41, 5.74) is 0. The smallest absolute Gasteiger partial charge is 0.160 e. The van der Waals surface area contributed by atoms with Crippen molar-refractivity contribution in [2.45, 2.75) is 6.42 Å². The van der Waals surface area contributed by atoms with E-state index in [0.717, 1.165) is 10.6 Å². The number of pyridine rings is 2. The van der Waals surface area contributed by atoms with Gasteiger partial charge in [-0.3, -0.25) is 14.8 Å². The molecule has 0 spiro atoms. The Morgan fingerprint density at radius 3 is 2.47 bits per heavy atom. The summed E-state index contributed by atoms with van der Waals surface area (Å²) in [7, 11) is 0. The van der Waals surface area contributed by atoms with Gasteiger partial charge < -0.3 is 0 Å². The molecule has 2 aromatic heterocycles. The highest BCUT2D eigenvalue weighted by molar-refractivity contribution is 6.08. The predicted molar refractivity (Wildman–Crippen MR) is 66.3 cm³/mol. The number of Topliss-reactive ketones (excluding diaryl/α,β-unsaturated/α-hetero) is 1. The third-order valence-corrected chi connectivity index (χ3v) is 2.25. The van der Waals surface area contributed by atoms with E-state index in [2.05, 4.69) is 9.97 Å². The summed E-state index contributed by atoms with van der Waals surface area (Å²) < 4.78 is 0. The van der Waals surface area contributed by atoms with Crippen molar-refractivity contribution in [2.75, 3.05) is 0 Å². The number of ketones is 1. The van der Waals surface area contributed by atoms with Gasteiger partial charge in [-0.1, -0.05) is 18.2 Å². The average Bonchev–Trinajstić information content (AvgIpc) is 2.41. The molecule has 0 saturated carbocycles. The summed E-state index contributed by atoms with van der Waals surface area (Å²) in [4.78, 5) is 18.8. The lowest BCUT2D eigenvalue weighted by Crippen LogP contribution is -2.31. The van der Waals surface area contributed by atoms with E-state index in [-0.39, 0.29) is 5.78 Å². The van der Waals surface area contributed by atoms with Crippen LogP contribution in [0.4, 0.5) is 0 Å². The summed E-state index contributed by atoms with van der Waals surface area (Å²) in [6, 6.07) is 9.45. The number of aromatic nitrogens is 2. The molecule has 1 aliphatic carbocycles. The molecule has 0 saturated heterocycles. The van der Waals surface area contributed by atoms with Gasteiger partial charge in [-0.25, -0.2) is 0 Å². The second-order valence-corrected chi connectivity index (χ2v) is 3.52. The minimum atomic E-state index is 0.158. The highest BCUT2D eigenvalue weighted by Gasteiger charge is 1.99. The van der Waals surface area contributed by atoms with Gasteiger partial charge in [-0.2, -0.15) is 0 Å². The van der Waals surface area contributed by atoms with Crippen LogP contribution in [0.3, 0.4) is 0 Å². The molecule has 2 aromatic rings. The molecule has 0 unspecified atom stereocenters. The van der Waals surface area contributed by atoms with Gasteiger partial charge in [0.1, 0.15) is 0 Å². The fourth-order valence-corrected chi connectivity index (χ4v) is 1.46. The lowest BCUT2D eigenvalue weighted by atomic mass is 10.1. The number of rotatable bonds is 0. The quantitative estimate of drug-likeness (QED) is 0.661. The molecule has 0 aromatic carbocycles. The molecule has 0 N–H and O–H groups in total. The van der Waals surface area contributed by atoms with Crippen LogP contribution in [-0.2, 0) is 4.79 Å². The molecule has 0 bridgehead atoms. The summed E-state index contributed by atoms with van der Waals surface area (Å²) in [5, 5.41) is 1.86. The van der Waals surface area contributed by atoms with E-state index in [1.165, 1.54) is 0 Å². The minimum Gasteiger partial charge on any atom is -0.294 e. The highest BCUT2D eigenvalue weighted by Crippen LogP contribution is 1.88. The van der Waals surface area contributed by atoms with Gasteiger partial charge in [-0.15, -0.1) is 0 Å². The molecule has 1 aliphatic rings. The van der Waals surface area contributed by atoms with E-state index in [4.69, 9.17) is 0 Å². The maximum absolute atomic E-state index is 10.9. The van der Waals surface area contributed by atoms with E-state index >= 15 is 0 Å². The van der Waals surface area contributed by atoms with Crippen LogP contribution in [0.25, 0.3) is 12.2 Å². The number of nitrogens with zero attached hydrogens (tertiary/aromatic N) is 2. The maximum Gasteiger partial charge on any atom is 0.160 e. The van der Waals surface area contributed by atoms with Gasteiger partial charge in [0, 0.05) is 30.2 Å². The van der Waals surface area contributed by atoms with Crippen LogP contribution in [0.5, 0.6) is 0 Å². The van der Waals surface area contributed by atoms with Gasteiger partial charge in [-0.05, 0) is 24.3 Å². The van der Waals surface area contributed by atoms with Crippen molar-refractivity contribution in [3.63, 3.8) is 0 Å². The molecule has 0 atom stereocenters. The first kappa shape index (κ1) is 11.2. The Morgan fingerprint density at radius 1 is 1.00 bits per heavy atom. The lowest BCUT2D eigenvalue weighted by Gasteiger charge is -1.95.